The number of ether oxygens (including phenoxy) is 3. The Labute approximate surface area is 214 Å². The summed E-state index contributed by atoms with van der Waals surface area (Å²) < 4.78 is 56.8. The van der Waals surface area contributed by atoms with Gasteiger partial charge in [-0.25, -0.2) is 15.0 Å². The Kier molecular flexibility index (Phi) is 9.36. The van der Waals surface area contributed by atoms with Gasteiger partial charge < -0.3 is 25.3 Å². The minimum absolute atomic E-state index is 0.0218. The van der Waals surface area contributed by atoms with Crippen LogP contribution in [-0.2, 0) is 17.5 Å². The second-order valence-corrected chi connectivity index (χ2v) is 9.28. The molecule has 0 spiro atoms. The van der Waals surface area contributed by atoms with Gasteiger partial charge in [-0.05, 0) is 44.4 Å². The summed E-state index contributed by atoms with van der Waals surface area (Å²) in [5.74, 6) is 2.51. The summed E-state index contributed by atoms with van der Waals surface area (Å²) in [4.78, 5) is 12.6. The maximum Gasteiger partial charge on any atom is 0.433 e. The average molecular weight is 522 g/mol. The summed E-state index contributed by atoms with van der Waals surface area (Å²) in [5, 5.41) is 3.70. The number of methoxy groups -OCH3 is 1. The van der Waals surface area contributed by atoms with Crippen LogP contribution in [0.15, 0.2) is 24.3 Å². The van der Waals surface area contributed by atoms with Gasteiger partial charge in [-0.3, -0.25) is 0 Å². The standard InChI is InChI=1S/C26H34F3N5O3/c1-15(2)6-8-36-9-7-16(3)37-23-12-20-21(13-22(23)35-5)32-17(4)33-25(20)31-14-19-10-18(30)11-24(34-19)26(27,28)29/h10-13,15-16H,6-9,14H2,1-5H3,(H2,30,34)(H,31,32,33). The number of pyridine rings is 1. The van der Waals surface area contributed by atoms with Crippen LogP contribution in [-0.4, -0.2) is 41.4 Å². The number of fused-ring (bicyclic) bond motifs is 1. The molecule has 1 unspecified atom stereocenters. The molecule has 0 bridgehead atoms. The largest absolute Gasteiger partial charge is 0.493 e. The third-order valence-corrected chi connectivity index (χ3v) is 5.56. The smallest absolute Gasteiger partial charge is 0.433 e. The number of nitrogens with zero attached hydrogens (tertiary/aromatic N) is 3. The van der Waals surface area contributed by atoms with E-state index in [0.29, 0.717) is 59.6 Å². The number of halogens is 3. The fourth-order valence-electron chi connectivity index (χ4n) is 3.61. The van der Waals surface area contributed by atoms with Crippen molar-refractivity contribution in [2.24, 2.45) is 5.92 Å². The predicted octanol–water partition coefficient (Wildman–Crippen LogP) is 5.78. The summed E-state index contributed by atoms with van der Waals surface area (Å²) in [6.45, 7) is 9.25. The van der Waals surface area contributed by atoms with Crippen molar-refractivity contribution in [1.29, 1.82) is 0 Å². The number of hydrogen-bond acceptors (Lipinski definition) is 8. The first-order chi connectivity index (χ1) is 17.5. The lowest BCUT2D eigenvalue weighted by Gasteiger charge is -2.19. The van der Waals surface area contributed by atoms with Crippen LogP contribution in [0.1, 0.15) is 50.8 Å². The number of nitrogens with two attached hydrogens (primary N) is 1. The monoisotopic (exact) mass is 521 g/mol. The number of aryl methyl sites for hydroxylation is 1. The summed E-state index contributed by atoms with van der Waals surface area (Å²) in [7, 11) is 1.55. The maximum atomic E-state index is 13.1. The highest BCUT2D eigenvalue weighted by atomic mass is 19.4. The zero-order chi connectivity index (χ0) is 27.2. The maximum absolute atomic E-state index is 13.1. The van der Waals surface area contributed by atoms with E-state index >= 15 is 0 Å². The highest BCUT2D eigenvalue weighted by molar-refractivity contribution is 5.91. The van der Waals surface area contributed by atoms with E-state index in [2.05, 4.69) is 34.1 Å². The Morgan fingerprint density at radius 3 is 2.38 bits per heavy atom. The Balaban J connectivity index is 1.80. The molecule has 3 rings (SSSR count). The highest BCUT2D eigenvalue weighted by Crippen LogP contribution is 2.35. The molecule has 0 saturated heterocycles. The van der Waals surface area contributed by atoms with Crippen molar-refractivity contribution in [1.82, 2.24) is 15.0 Å². The summed E-state index contributed by atoms with van der Waals surface area (Å²) in [6.07, 6.45) is -3.05. The van der Waals surface area contributed by atoms with Crippen molar-refractivity contribution in [3.8, 4) is 11.5 Å². The van der Waals surface area contributed by atoms with E-state index in [1.54, 1.807) is 26.2 Å². The second kappa shape index (κ2) is 12.3. The fraction of sp³-hybridized carbons (Fsp3) is 0.500. The molecule has 0 fully saturated rings. The number of benzene rings is 1. The van der Waals surface area contributed by atoms with Crippen LogP contribution >= 0.6 is 0 Å². The number of hydrogen-bond donors (Lipinski definition) is 2. The van der Waals surface area contributed by atoms with Gasteiger partial charge in [-0.2, -0.15) is 13.2 Å². The van der Waals surface area contributed by atoms with Crippen LogP contribution in [0.25, 0.3) is 10.9 Å². The van der Waals surface area contributed by atoms with Crippen molar-refractivity contribution < 1.29 is 27.4 Å². The molecule has 202 valence electrons. The molecule has 3 N–H and O–H groups in total. The zero-order valence-corrected chi connectivity index (χ0v) is 21.8. The molecule has 0 aliphatic rings. The molecule has 2 aromatic heterocycles. The molecular formula is C26H34F3N5O3. The summed E-state index contributed by atoms with van der Waals surface area (Å²) in [6, 6.07) is 5.71. The minimum atomic E-state index is -4.60. The molecule has 0 radical (unpaired) electrons. The molecular weight excluding hydrogens is 487 g/mol. The quantitative estimate of drug-likeness (QED) is 0.289. The van der Waals surface area contributed by atoms with Crippen molar-refractivity contribution in [2.45, 2.75) is 59.4 Å². The SMILES string of the molecule is COc1cc2nc(C)nc(NCc3cc(N)cc(C(F)(F)F)n3)c2cc1OC(C)CCOCCC(C)C. The van der Waals surface area contributed by atoms with Crippen molar-refractivity contribution in [3.05, 3.63) is 41.5 Å². The summed E-state index contributed by atoms with van der Waals surface area (Å²) in [5.41, 5.74) is 5.33. The zero-order valence-electron chi connectivity index (χ0n) is 21.8. The molecule has 0 amide bonds. The first kappa shape index (κ1) is 28.2. The lowest BCUT2D eigenvalue weighted by Crippen LogP contribution is -2.16. The van der Waals surface area contributed by atoms with Crippen LogP contribution in [0.2, 0.25) is 0 Å². The van der Waals surface area contributed by atoms with Gasteiger partial charge in [0.25, 0.3) is 0 Å². The molecule has 1 atom stereocenters. The van der Waals surface area contributed by atoms with E-state index in [1.807, 2.05) is 6.92 Å². The Morgan fingerprint density at radius 1 is 0.973 bits per heavy atom. The molecule has 2 heterocycles. The van der Waals surface area contributed by atoms with Gasteiger partial charge >= 0.3 is 6.18 Å². The normalized spacial score (nSPS) is 12.7. The van der Waals surface area contributed by atoms with E-state index in [9.17, 15) is 13.2 Å². The molecule has 11 heteroatoms. The number of alkyl halides is 3. The van der Waals surface area contributed by atoms with Gasteiger partial charge in [-0.15, -0.1) is 0 Å². The topological polar surface area (TPSA) is 104 Å². The van der Waals surface area contributed by atoms with Gasteiger partial charge in [0.15, 0.2) is 11.5 Å². The molecule has 8 nitrogen and oxygen atoms in total. The van der Waals surface area contributed by atoms with Crippen LogP contribution in [0.3, 0.4) is 0 Å². The van der Waals surface area contributed by atoms with Crippen molar-refractivity contribution in [2.75, 3.05) is 31.4 Å². The molecule has 0 aliphatic carbocycles. The van der Waals surface area contributed by atoms with Crippen molar-refractivity contribution in [3.63, 3.8) is 0 Å². The van der Waals surface area contributed by atoms with Gasteiger partial charge in [0.1, 0.15) is 17.3 Å². The molecule has 3 aromatic rings. The number of aromatic nitrogens is 3. The van der Waals surface area contributed by atoms with Crippen molar-refractivity contribution >= 4 is 22.4 Å². The Morgan fingerprint density at radius 2 is 1.70 bits per heavy atom. The minimum Gasteiger partial charge on any atom is -0.493 e. The third kappa shape index (κ3) is 8.08. The molecule has 0 saturated carbocycles. The average Bonchev–Trinajstić information content (AvgIpc) is 2.81. The highest BCUT2D eigenvalue weighted by Gasteiger charge is 2.33. The third-order valence-electron chi connectivity index (χ3n) is 5.56. The number of nitrogen functional groups attached to an aromatic ring is 1. The molecule has 0 aliphatic heterocycles. The van der Waals surface area contributed by atoms with Crippen LogP contribution < -0.4 is 20.5 Å². The first-order valence-corrected chi connectivity index (χ1v) is 12.1. The number of anilines is 2. The van der Waals surface area contributed by atoms with E-state index in [4.69, 9.17) is 19.9 Å². The summed E-state index contributed by atoms with van der Waals surface area (Å²) >= 11 is 0. The van der Waals surface area contributed by atoms with E-state index in [0.717, 1.165) is 12.5 Å². The second-order valence-electron chi connectivity index (χ2n) is 9.28. The Bertz CT molecular complexity index is 1200. The lowest BCUT2D eigenvalue weighted by molar-refractivity contribution is -0.141. The van der Waals surface area contributed by atoms with Crippen LogP contribution in [0.5, 0.6) is 11.5 Å². The van der Waals surface area contributed by atoms with E-state index < -0.39 is 11.9 Å². The van der Waals surface area contributed by atoms with Gasteiger partial charge in [0.2, 0.25) is 0 Å². The number of nitrogens with one attached hydrogen (secondary N) is 1. The molecule has 37 heavy (non-hydrogen) atoms. The van der Waals surface area contributed by atoms with Gasteiger partial charge in [0, 0.05) is 30.2 Å². The lowest BCUT2D eigenvalue weighted by atomic mass is 10.1. The molecule has 1 aromatic carbocycles. The fourth-order valence-corrected chi connectivity index (χ4v) is 3.61. The first-order valence-electron chi connectivity index (χ1n) is 12.1. The van der Waals surface area contributed by atoms with Gasteiger partial charge in [0.05, 0.1) is 37.6 Å². The Hall–Kier alpha value is -3.34. The van der Waals surface area contributed by atoms with Gasteiger partial charge in [-0.1, -0.05) is 13.8 Å². The predicted molar refractivity (Wildman–Crippen MR) is 137 cm³/mol. The van der Waals surface area contributed by atoms with E-state index in [1.165, 1.54) is 6.07 Å². The van der Waals surface area contributed by atoms with Crippen LogP contribution in [0, 0.1) is 12.8 Å². The van der Waals surface area contributed by atoms with E-state index in [-0.39, 0.29) is 24.0 Å². The number of rotatable bonds is 12. The van der Waals surface area contributed by atoms with Crippen LogP contribution in [0.4, 0.5) is 24.7 Å².